The highest BCUT2D eigenvalue weighted by molar-refractivity contribution is 6.20. The molecule has 2 aromatic rings. The van der Waals surface area contributed by atoms with E-state index in [2.05, 4.69) is 15.1 Å². The number of ether oxygens (including phenoxy) is 2. The van der Waals surface area contributed by atoms with Crippen molar-refractivity contribution in [3.05, 3.63) is 53.6 Å². The fourth-order valence-corrected chi connectivity index (χ4v) is 5.58. The molecule has 9 heteroatoms. The molecular weight excluding hydrogens is 424 g/mol. The van der Waals surface area contributed by atoms with Crippen molar-refractivity contribution in [1.29, 1.82) is 0 Å². The fraction of sp³-hybridized carbons (Fsp3) is 0.375. The van der Waals surface area contributed by atoms with Crippen LogP contribution in [-0.2, 0) is 22.6 Å². The minimum atomic E-state index is -1.36. The Balaban J connectivity index is 1.36. The summed E-state index contributed by atoms with van der Waals surface area (Å²) < 4.78 is 10.9. The number of amides is 4. The van der Waals surface area contributed by atoms with Crippen molar-refractivity contribution in [3.63, 3.8) is 0 Å². The van der Waals surface area contributed by atoms with Gasteiger partial charge < -0.3 is 14.4 Å². The van der Waals surface area contributed by atoms with Gasteiger partial charge in [-0.05, 0) is 35.7 Å². The molecule has 4 heterocycles. The molecule has 2 fully saturated rings. The molecule has 6 rings (SSSR count). The Bertz CT molecular complexity index is 1180. The van der Waals surface area contributed by atoms with Crippen molar-refractivity contribution >= 4 is 23.5 Å². The van der Waals surface area contributed by atoms with Crippen LogP contribution in [0.3, 0.4) is 0 Å². The highest BCUT2D eigenvalue weighted by atomic mass is 16.7. The number of rotatable bonds is 2. The molecule has 1 N–H and O–H groups in total. The summed E-state index contributed by atoms with van der Waals surface area (Å²) in [5.41, 5.74) is 1.72. The van der Waals surface area contributed by atoms with Gasteiger partial charge in [0.25, 0.3) is 0 Å². The number of fused-ring (bicyclic) bond motifs is 5. The molecule has 2 saturated heterocycles. The molecule has 2 aromatic carbocycles. The third-order valence-electron chi connectivity index (χ3n) is 7.26. The van der Waals surface area contributed by atoms with E-state index in [1.165, 1.54) is 7.05 Å². The van der Waals surface area contributed by atoms with Crippen LogP contribution in [0.4, 0.5) is 10.5 Å². The number of para-hydroxylation sites is 1. The predicted molar refractivity (Wildman–Crippen MR) is 118 cm³/mol. The Morgan fingerprint density at radius 3 is 2.76 bits per heavy atom. The van der Waals surface area contributed by atoms with E-state index in [0.29, 0.717) is 19.6 Å². The molecule has 4 aliphatic rings. The number of carbonyl (C=O) groups excluding carboxylic acids is 3. The van der Waals surface area contributed by atoms with E-state index in [9.17, 15) is 14.4 Å². The standard InChI is InChI=1S/C24H24N4O5/c1-26-22(30)24(21(29)25-23(26)31)11-16-4-2-3-5-17(16)28-9-8-27(13-20(24)28)12-15-6-7-18-19(10-15)33-14-32-18/h2-7,10,20H,8-9,11-14H2,1H3,(H,25,29,31). The summed E-state index contributed by atoms with van der Waals surface area (Å²) in [7, 11) is 1.43. The van der Waals surface area contributed by atoms with E-state index < -0.39 is 29.3 Å². The van der Waals surface area contributed by atoms with Gasteiger partial charge in [-0.2, -0.15) is 0 Å². The number of nitrogens with one attached hydrogen (secondary N) is 1. The first-order chi connectivity index (χ1) is 16.0. The molecule has 1 spiro atoms. The monoisotopic (exact) mass is 448 g/mol. The Kier molecular flexibility index (Phi) is 4.38. The molecule has 0 aromatic heterocycles. The smallest absolute Gasteiger partial charge is 0.330 e. The maximum atomic E-state index is 13.5. The number of nitrogens with zero attached hydrogens (tertiary/aromatic N) is 3. The second kappa shape index (κ2) is 7.21. The maximum Gasteiger partial charge on any atom is 0.330 e. The minimum absolute atomic E-state index is 0.227. The molecule has 4 aliphatic heterocycles. The quantitative estimate of drug-likeness (QED) is 0.694. The number of benzene rings is 2. The summed E-state index contributed by atoms with van der Waals surface area (Å²) in [6.07, 6.45) is 0.268. The van der Waals surface area contributed by atoms with Crippen molar-refractivity contribution in [2.75, 3.05) is 38.4 Å². The molecular formula is C24H24N4O5. The first kappa shape index (κ1) is 20.0. The van der Waals surface area contributed by atoms with Crippen molar-refractivity contribution in [1.82, 2.24) is 15.1 Å². The minimum Gasteiger partial charge on any atom is -0.454 e. The average molecular weight is 448 g/mol. The molecule has 2 unspecified atom stereocenters. The lowest BCUT2D eigenvalue weighted by Gasteiger charge is -2.55. The highest BCUT2D eigenvalue weighted by Gasteiger charge is 2.62. The SMILES string of the molecule is CN1C(=O)NC(=O)C2(Cc3ccccc3N3CCN(Cc4ccc5c(c4)OCO5)CC32)C1=O. The number of carbonyl (C=O) groups is 3. The van der Waals surface area contributed by atoms with Crippen LogP contribution in [0.15, 0.2) is 42.5 Å². The Morgan fingerprint density at radius 1 is 1.06 bits per heavy atom. The van der Waals surface area contributed by atoms with Gasteiger partial charge in [-0.25, -0.2) is 4.79 Å². The van der Waals surface area contributed by atoms with Crippen molar-refractivity contribution in [2.24, 2.45) is 5.41 Å². The second-order valence-corrected chi connectivity index (χ2v) is 9.03. The van der Waals surface area contributed by atoms with E-state index in [-0.39, 0.29) is 13.2 Å². The van der Waals surface area contributed by atoms with Gasteiger partial charge in [-0.3, -0.25) is 24.7 Å². The van der Waals surface area contributed by atoms with Crippen LogP contribution < -0.4 is 19.7 Å². The molecule has 0 aliphatic carbocycles. The average Bonchev–Trinajstić information content (AvgIpc) is 3.29. The highest BCUT2D eigenvalue weighted by Crippen LogP contribution is 2.45. The number of hydrogen-bond donors (Lipinski definition) is 1. The molecule has 9 nitrogen and oxygen atoms in total. The van der Waals surface area contributed by atoms with Gasteiger partial charge in [0.1, 0.15) is 0 Å². The summed E-state index contributed by atoms with van der Waals surface area (Å²) >= 11 is 0. The third kappa shape index (κ3) is 2.92. The van der Waals surface area contributed by atoms with E-state index in [4.69, 9.17) is 9.47 Å². The Labute approximate surface area is 190 Å². The van der Waals surface area contributed by atoms with Crippen molar-refractivity contribution in [3.8, 4) is 11.5 Å². The third-order valence-corrected chi connectivity index (χ3v) is 7.26. The van der Waals surface area contributed by atoms with Crippen LogP contribution in [-0.4, -0.2) is 67.2 Å². The summed E-state index contributed by atoms with van der Waals surface area (Å²) in [5, 5.41) is 2.43. The summed E-state index contributed by atoms with van der Waals surface area (Å²) in [6, 6.07) is 12.7. The van der Waals surface area contributed by atoms with Crippen molar-refractivity contribution in [2.45, 2.75) is 19.0 Å². The van der Waals surface area contributed by atoms with Crippen LogP contribution in [0, 0.1) is 5.41 Å². The van der Waals surface area contributed by atoms with Crippen LogP contribution >= 0.6 is 0 Å². The fourth-order valence-electron chi connectivity index (χ4n) is 5.58. The predicted octanol–water partition coefficient (Wildman–Crippen LogP) is 1.36. The second-order valence-electron chi connectivity index (χ2n) is 9.03. The lowest BCUT2D eigenvalue weighted by atomic mass is 9.67. The van der Waals surface area contributed by atoms with Gasteiger partial charge in [0.15, 0.2) is 16.9 Å². The van der Waals surface area contributed by atoms with Gasteiger partial charge in [-0.15, -0.1) is 0 Å². The topological polar surface area (TPSA) is 91.4 Å². The largest absolute Gasteiger partial charge is 0.454 e. The van der Waals surface area contributed by atoms with Crippen LogP contribution in [0.2, 0.25) is 0 Å². The molecule has 0 bridgehead atoms. The number of hydrogen-bond acceptors (Lipinski definition) is 7. The Hall–Kier alpha value is -3.59. The van der Waals surface area contributed by atoms with Crippen LogP contribution in [0.5, 0.6) is 11.5 Å². The maximum absolute atomic E-state index is 13.5. The molecule has 170 valence electrons. The van der Waals surface area contributed by atoms with E-state index in [1.54, 1.807) is 0 Å². The first-order valence-electron chi connectivity index (χ1n) is 11.1. The van der Waals surface area contributed by atoms with Crippen molar-refractivity contribution < 1.29 is 23.9 Å². The lowest BCUT2D eigenvalue weighted by molar-refractivity contribution is -0.153. The van der Waals surface area contributed by atoms with Crippen LogP contribution in [0.1, 0.15) is 11.1 Å². The molecule has 2 atom stereocenters. The number of anilines is 1. The summed E-state index contributed by atoms with van der Waals surface area (Å²) in [4.78, 5) is 44.5. The number of barbiturate groups is 1. The van der Waals surface area contributed by atoms with E-state index in [0.717, 1.165) is 39.8 Å². The number of imide groups is 2. The normalized spacial score (nSPS) is 26.3. The zero-order valence-electron chi connectivity index (χ0n) is 18.2. The molecule has 0 radical (unpaired) electrons. The van der Waals surface area contributed by atoms with Gasteiger partial charge in [-0.1, -0.05) is 24.3 Å². The van der Waals surface area contributed by atoms with E-state index in [1.807, 2.05) is 42.5 Å². The molecule has 0 saturated carbocycles. The zero-order valence-corrected chi connectivity index (χ0v) is 18.2. The first-order valence-corrected chi connectivity index (χ1v) is 11.1. The number of piperazine rings is 1. The lowest BCUT2D eigenvalue weighted by Crippen LogP contribution is -2.74. The molecule has 4 amide bonds. The van der Waals surface area contributed by atoms with Gasteiger partial charge in [0.2, 0.25) is 18.6 Å². The van der Waals surface area contributed by atoms with Gasteiger partial charge in [0, 0.05) is 38.9 Å². The van der Waals surface area contributed by atoms with Gasteiger partial charge >= 0.3 is 6.03 Å². The summed E-state index contributed by atoms with van der Waals surface area (Å²) in [6.45, 7) is 2.85. The molecule has 33 heavy (non-hydrogen) atoms. The zero-order chi connectivity index (χ0) is 22.7. The Morgan fingerprint density at radius 2 is 1.88 bits per heavy atom. The van der Waals surface area contributed by atoms with Crippen LogP contribution in [0.25, 0.3) is 0 Å². The number of urea groups is 1. The van der Waals surface area contributed by atoms with Gasteiger partial charge in [0.05, 0.1) is 6.04 Å². The van der Waals surface area contributed by atoms with E-state index >= 15 is 0 Å². The summed E-state index contributed by atoms with van der Waals surface area (Å²) in [5.74, 6) is 0.524.